The van der Waals surface area contributed by atoms with Crippen LogP contribution >= 0.6 is 0 Å². The SMILES string of the molecule is O=[N+]([O-])c1ccc2c(c1)c1cc(-c3cc4c5ccccc5n5c6ccccc6c(c3)c45)cc3c4cc(-c5cc6c7ccccc7n7c8ccccc8c(c5)c67)ccc4n2c31. The standard InChI is InChI=1S/C54H28N4O2/c59-58(60)33-18-20-51-39(28-33)45-27-32(31-24-42-36-11-3-7-15-48(36)56-49-16-8-4-12-37(49)43(25-31)53(42)56)26-44-38-21-29(17-19-50(38)57(51)54(44)45)30-22-40-34-9-1-5-13-46(34)55-47-14-6-2-10-35(47)41(23-30)52(40)55/h1-28H. The van der Waals surface area contributed by atoms with Crippen LogP contribution in [0.15, 0.2) is 170 Å². The van der Waals surface area contributed by atoms with Crippen molar-refractivity contribution in [2.45, 2.75) is 0 Å². The first kappa shape index (κ1) is 30.9. The lowest BCUT2D eigenvalue weighted by Gasteiger charge is -2.08. The second-order valence-electron chi connectivity index (χ2n) is 16.5. The summed E-state index contributed by atoms with van der Waals surface area (Å²) in [5.74, 6) is 0. The van der Waals surface area contributed by atoms with Crippen LogP contribution in [0.3, 0.4) is 0 Å². The molecule has 0 bridgehead atoms. The summed E-state index contributed by atoms with van der Waals surface area (Å²) < 4.78 is 7.14. The highest BCUT2D eigenvalue weighted by Crippen LogP contribution is 2.47. The number of aromatic nitrogens is 3. The average Bonchev–Trinajstić information content (AvgIpc) is 4.13. The van der Waals surface area contributed by atoms with E-state index >= 15 is 0 Å². The maximum atomic E-state index is 12.2. The van der Waals surface area contributed by atoms with Gasteiger partial charge in [-0.15, -0.1) is 0 Å². The topological polar surface area (TPSA) is 56.4 Å². The summed E-state index contributed by atoms with van der Waals surface area (Å²) in [6.45, 7) is 0. The third kappa shape index (κ3) is 3.58. The van der Waals surface area contributed by atoms with Gasteiger partial charge in [-0.2, -0.15) is 0 Å². The lowest BCUT2D eigenvalue weighted by atomic mass is 9.95. The molecule has 0 atom stereocenters. The molecule has 0 unspecified atom stereocenters. The van der Waals surface area contributed by atoms with E-state index < -0.39 is 0 Å². The first-order valence-corrected chi connectivity index (χ1v) is 20.4. The Balaban J connectivity index is 1.05. The van der Waals surface area contributed by atoms with Crippen molar-refractivity contribution in [2.75, 3.05) is 0 Å². The van der Waals surface area contributed by atoms with Crippen LogP contribution in [-0.4, -0.2) is 18.1 Å². The van der Waals surface area contributed by atoms with E-state index in [1.807, 2.05) is 6.07 Å². The van der Waals surface area contributed by atoms with E-state index in [1.165, 1.54) is 81.8 Å². The van der Waals surface area contributed by atoms with E-state index in [9.17, 15) is 10.1 Å². The molecule has 0 spiro atoms. The van der Waals surface area contributed by atoms with Crippen LogP contribution in [0.25, 0.3) is 137 Å². The summed E-state index contributed by atoms with van der Waals surface area (Å²) in [6, 6.07) is 61.0. The molecule has 0 amide bonds. The van der Waals surface area contributed by atoms with Crippen molar-refractivity contribution in [1.29, 1.82) is 0 Å². The second-order valence-corrected chi connectivity index (χ2v) is 16.5. The number of non-ortho nitro benzene ring substituents is 1. The Kier molecular flexibility index (Phi) is 5.37. The van der Waals surface area contributed by atoms with E-state index in [4.69, 9.17) is 0 Å². The van der Waals surface area contributed by atoms with Gasteiger partial charge in [-0.25, -0.2) is 0 Å². The number of nitrogens with zero attached hydrogens (tertiary/aromatic N) is 4. The third-order valence-electron chi connectivity index (χ3n) is 13.7. The summed E-state index contributed by atoms with van der Waals surface area (Å²) in [5, 5.41) is 26.2. The summed E-state index contributed by atoms with van der Waals surface area (Å²) >= 11 is 0. The van der Waals surface area contributed by atoms with Gasteiger partial charge in [-0.05, 0) is 101 Å². The molecular formula is C54H28N4O2. The molecule has 9 aromatic carbocycles. The molecule has 6 nitrogen and oxygen atoms in total. The minimum atomic E-state index is -0.291. The normalized spacial score (nSPS) is 12.8. The summed E-state index contributed by atoms with van der Waals surface area (Å²) in [4.78, 5) is 11.9. The Bertz CT molecular complexity index is 4230. The lowest BCUT2D eigenvalue weighted by Crippen LogP contribution is -1.87. The van der Waals surface area contributed by atoms with Crippen LogP contribution in [0.2, 0.25) is 0 Å². The summed E-state index contributed by atoms with van der Waals surface area (Å²) in [5.41, 5.74) is 15.1. The highest BCUT2D eigenvalue weighted by Gasteiger charge is 2.24. The number of hydrogen-bond donors (Lipinski definition) is 0. The Morgan fingerprint density at radius 1 is 0.300 bits per heavy atom. The molecular weight excluding hydrogens is 737 g/mol. The van der Waals surface area contributed by atoms with Gasteiger partial charge < -0.3 is 13.2 Å². The van der Waals surface area contributed by atoms with Crippen LogP contribution in [0.5, 0.6) is 0 Å². The molecule has 6 heterocycles. The van der Waals surface area contributed by atoms with Crippen LogP contribution in [0, 0.1) is 10.1 Å². The molecule has 0 aliphatic heterocycles. The van der Waals surface area contributed by atoms with E-state index in [1.54, 1.807) is 12.1 Å². The van der Waals surface area contributed by atoms with Gasteiger partial charge in [-0.3, -0.25) is 10.1 Å². The fourth-order valence-corrected chi connectivity index (χ4v) is 11.2. The van der Waals surface area contributed by atoms with E-state index in [2.05, 4.69) is 165 Å². The maximum Gasteiger partial charge on any atom is 0.270 e. The van der Waals surface area contributed by atoms with Gasteiger partial charge in [0.05, 0.1) is 54.6 Å². The van der Waals surface area contributed by atoms with Gasteiger partial charge in [0.15, 0.2) is 0 Å². The van der Waals surface area contributed by atoms with Gasteiger partial charge in [0.1, 0.15) is 0 Å². The number of nitro groups is 1. The number of nitro benzene ring substituents is 1. The van der Waals surface area contributed by atoms with Crippen LogP contribution in [0.4, 0.5) is 5.69 Å². The quantitative estimate of drug-likeness (QED) is 0.133. The highest BCUT2D eigenvalue weighted by molar-refractivity contribution is 6.28. The first-order chi connectivity index (χ1) is 29.6. The molecule has 60 heavy (non-hydrogen) atoms. The fraction of sp³-hybridized carbons (Fsp3) is 0. The van der Waals surface area contributed by atoms with Gasteiger partial charge in [0, 0.05) is 76.8 Å². The zero-order valence-corrected chi connectivity index (χ0v) is 31.8. The van der Waals surface area contributed by atoms with Gasteiger partial charge in [-0.1, -0.05) is 78.9 Å². The molecule has 0 N–H and O–H groups in total. The summed E-state index contributed by atoms with van der Waals surface area (Å²) in [6.07, 6.45) is 0. The molecule has 0 aliphatic carbocycles. The van der Waals surface area contributed by atoms with Crippen molar-refractivity contribution in [1.82, 2.24) is 13.2 Å². The van der Waals surface area contributed by atoms with E-state index in [-0.39, 0.29) is 10.6 Å². The molecule has 6 aromatic heterocycles. The fourth-order valence-electron chi connectivity index (χ4n) is 11.2. The molecule has 276 valence electrons. The Morgan fingerprint density at radius 2 is 0.600 bits per heavy atom. The number of fused-ring (bicyclic) bond motifs is 18. The average molecular weight is 765 g/mol. The predicted molar refractivity (Wildman–Crippen MR) is 248 cm³/mol. The summed E-state index contributed by atoms with van der Waals surface area (Å²) in [7, 11) is 0. The Hall–Kier alpha value is -8.22. The molecule has 0 aliphatic rings. The number of rotatable bonds is 3. The minimum absolute atomic E-state index is 0.0927. The zero-order chi connectivity index (χ0) is 39.1. The van der Waals surface area contributed by atoms with Crippen molar-refractivity contribution in [3.63, 3.8) is 0 Å². The van der Waals surface area contributed by atoms with Crippen LogP contribution < -0.4 is 0 Å². The molecule has 15 rings (SSSR count). The van der Waals surface area contributed by atoms with Crippen molar-refractivity contribution >= 4 is 120 Å². The van der Waals surface area contributed by atoms with Crippen molar-refractivity contribution in [3.05, 3.63) is 180 Å². The first-order valence-electron chi connectivity index (χ1n) is 20.4. The third-order valence-corrected chi connectivity index (χ3v) is 13.7. The van der Waals surface area contributed by atoms with Crippen molar-refractivity contribution in [3.8, 4) is 22.3 Å². The van der Waals surface area contributed by atoms with Crippen LogP contribution in [0.1, 0.15) is 0 Å². The van der Waals surface area contributed by atoms with Crippen molar-refractivity contribution in [2.24, 2.45) is 0 Å². The van der Waals surface area contributed by atoms with Gasteiger partial charge >= 0.3 is 0 Å². The monoisotopic (exact) mass is 764 g/mol. The number of hydrogen-bond acceptors (Lipinski definition) is 2. The lowest BCUT2D eigenvalue weighted by molar-refractivity contribution is -0.384. The number of benzene rings is 9. The predicted octanol–water partition coefficient (Wildman–Crippen LogP) is 14.4. The van der Waals surface area contributed by atoms with E-state index in [0.717, 1.165) is 54.8 Å². The maximum absolute atomic E-state index is 12.2. The highest BCUT2D eigenvalue weighted by atomic mass is 16.6. The molecule has 0 radical (unpaired) electrons. The minimum Gasteiger partial charge on any atom is -0.308 e. The van der Waals surface area contributed by atoms with E-state index in [0.29, 0.717) is 0 Å². The second kappa shape index (κ2) is 10.4. The molecule has 0 saturated carbocycles. The molecule has 15 aromatic rings. The Labute approximate surface area is 339 Å². The van der Waals surface area contributed by atoms with Crippen molar-refractivity contribution < 1.29 is 4.92 Å². The number of para-hydroxylation sites is 4. The van der Waals surface area contributed by atoms with Crippen LogP contribution in [-0.2, 0) is 0 Å². The molecule has 6 heteroatoms. The largest absolute Gasteiger partial charge is 0.308 e. The van der Waals surface area contributed by atoms with Gasteiger partial charge in [0.2, 0.25) is 0 Å². The Morgan fingerprint density at radius 3 is 1.00 bits per heavy atom. The smallest absolute Gasteiger partial charge is 0.270 e. The molecule has 0 saturated heterocycles. The van der Waals surface area contributed by atoms with Gasteiger partial charge in [0.25, 0.3) is 5.69 Å². The zero-order valence-electron chi connectivity index (χ0n) is 31.8. The molecule has 0 fully saturated rings.